The number of nitrogens with zero attached hydrogens (tertiary/aromatic N) is 3. The lowest BCUT2D eigenvalue weighted by Gasteiger charge is -2.15. The van der Waals surface area contributed by atoms with Crippen LogP contribution in [0, 0.1) is 23.7 Å². The quantitative estimate of drug-likeness (QED) is 0.0826. The summed E-state index contributed by atoms with van der Waals surface area (Å²) >= 11 is 0. The van der Waals surface area contributed by atoms with E-state index in [0.717, 1.165) is 50.4 Å². The molecule has 0 aromatic carbocycles. The molecular weight excluding hydrogens is 667 g/mol. The fraction of sp³-hybridized carbons (Fsp3) is 0.935. The molecule has 8 rings (SSSR count). The molecule has 8 saturated heterocycles. The number of hydrazine groups is 1. The van der Waals surface area contributed by atoms with Gasteiger partial charge < -0.3 is 18.9 Å². The lowest BCUT2D eigenvalue weighted by molar-refractivity contribution is -0.126. The Hall–Kier alpha value is -0.350. The van der Waals surface area contributed by atoms with Crippen LogP contribution < -0.4 is 11.3 Å². The normalized spacial score (nSPS) is 38.1. The van der Waals surface area contributed by atoms with Gasteiger partial charge in [0.2, 0.25) is 11.8 Å². The monoisotopic (exact) mass is 731 g/mol. The van der Waals surface area contributed by atoms with E-state index in [9.17, 15) is 9.59 Å². The molecular formula is C31H65N5O6S4. The first-order valence-corrected chi connectivity index (χ1v) is 15.1. The van der Waals surface area contributed by atoms with Crippen LogP contribution in [0.15, 0.2) is 5.11 Å². The molecule has 8 aliphatic rings. The third-order valence-electron chi connectivity index (χ3n) is 9.97. The zero-order valence-corrected chi connectivity index (χ0v) is 29.3. The molecule has 46 heavy (non-hydrogen) atoms. The third-order valence-corrected chi connectivity index (χ3v) is 9.97. The Kier molecular flexibility index (Phi) is 25.2. The lowest BCUT2D eigenvalue weighted by Crippen LogP contribution is -2.39. The number of hydrogen-bond acceptors (Lipinski definition) is 7. The Balaban J connectivity index is -0.000000516. The number of nitrogens with two attached hydrogens (primary N) is 1. The molecule has 0 radical (unpaired) electrons. The first kappa shape index (κ1) is 50.0. The van der Waals surface area contributed by atoms with Gasteiger partial charge in [0.25, 0.3) is 0 Å². The lowest BCUT2D eigenvalue weighted by atomic mass is 9.89. The molecule has 12 unspecified atom stereocenters. The van der Waals surface area contributed by atoms with Gasteiger partial charge in [-0.2, -0.15) is 54.0 Å². The van der Waals surface area contributed by atoms with Gasteiger partial charge in [-0.3, -0.25) is 15.0 Å². The maximum Gasteiger partial charge on any atom is 0.239 e. The second-order valence-corrected chi connectivity index (χ2v) is 12.6. The van der Waals surface area contributed by atoms with E-state index >= 15 is 0 Å². The minimum atomic E-state index is -0.357. The highest BCUT2D eigenvalue weighted by Gasteiger charge is 2.45. The molecule has 274 valence electrons. The molecule has 0 saturated carbocycles. The Morgan fingerprint density at radius 2 is 0.978 bits per heavy atom. The number of hydrogen-bond donors (Lipinski definition) is 2. The van der Waals surface area contributed by atoms with Gasteiger partial charge in [-0.1, -0.05) is 36.1 Å². The summed E-state index contributed by atoms with van der Waals surface area (Å²) in [4.78, 5) is 24.7. The summed E-state index contributed by atoms with van der Waals surface area (Å²) in [5, 5.41) is 3.09. The second-order valence-electron chi connectivity index (χ2n) is 12.6. The van der Waals surface area contributed by atoms with E-state index in [4.69, 9.17) is 30.3 Å². The molecule has 0 aromatic heterocycles. The molecule has 15 heteroatoms. The van der Waals surface area contributed by atoms with Crippen LogP contribution >= 0.6 is 54.0 Å². The van der Waals surface area contributed by atoms with Crippen molar-refractivity contribution in [3.8, 4) is 0 Å². The van der Waals surface area contributed by atoms with Crippen molar-refractivity contribution in [2.45, 2.75) is 162 Å². The first-order chi connectivity index (χ1) is 18.8. The average Bonchev–Trinajstić information content (AvgIpc) is 3.79. The summed E-state index contributed by atoms with van der Waals surface area (Å²) in [6, 6.07) is 0. The van der Waals surface area contributed by atoms with E-state index in [0.29, 0.717) is 30.5 Å². The van der Waals surface area contributed by atoms with Gasteiger partial charge in [0.05, 0.1) is 60.7 Å². The molecule has 0 spiro atoms. The third kappa shape index (κ3) is 12.2. The number of nitrogens with one attached hydrogen (secondary N) is 1. The number of ether oxygens (including phenoxy) is 4. The van der Waals surface area contributed by atoms with Crippen LogP contribution in [0.1, 0.15) is 113 Å². The molecule has 8 fully saturated rings. The Bertz CT molecular complexity index is 921. The predicted octanol–water partition coefficient (Wildman–Crippen LogP) is 6.44. The topological polar surface area (TPSA) is 158 Å². The fourth-order valence-corrected chi connectivity index (χ4v) is 7.82. The number of azide groups is 1. The van der Waals surface area contributed by atoms with Crippen molar-refractivity contribution >= 4 is 65.8 Å². The minimum absolute atomic E-state index is 0. The molecule has 2 amide bonds. The number of rotatable bonds is 2. The summed E-state index contributed by atoms with van der Waals surface area (Å²) in [6.07, 6.45) is 16.9. The largest absolute Gasteiger partial charge is 0.375 e. The molecule has 8 bridgehead atoms. The van der Waals surface area contributed by atoms with E-state index < -0.39 is 0 Å². The number of amides is 2. The Morgan fingerprint density at radius 1 is 0.630 bits per heavy atom. The van der Waals surface area contributed by atoms with Crippen LogP contribution in [0.5, 0.6) is 0 Å². The molecule has 11 nitrogen and oxygen atoms in total. The summed E-state index contributed by atoms with van der Waals surface area (Å²) in [5.74, 6) is 6.16. The molecule has 3 N–H and O–H groups in total. The zero-order chi connectivity index (χ0) is 27.5. The second kappa shape index (κ2) is 23.1. The van der Waals surface area contributed by atoms with Crippen molar-refractivity contribution in [2.75, 3.05) is 0 Å². The number of carbonyl (C=O) groups excluding carboxylic acids is 2. The van der Waals surface area contributed by atoms with E-state index in [1.165, 1.54) is 38.5 Å². The van der Waals surface area contributed by atoms with Gasteiger partial charge >= 0.3 is 0 Å². The SMILES string of the molecule is C.C.C.CC1CC2CCC1O2.CC1CC2CCC1O2.NNC(=O)C1CC2CCC1O2.S.S.S.S.[N-]=[N+]=NC(=O)C1CC2CCC1O2. The van der Waals surface area contributed by atoms with Crippen molar-refractivity contribution in [3.05, 3.63) is 10.4 Å². The Morgan fingerprint density at radius 3 is 1.20 bits per heavy atom. The van der Waals surface area contributed by atoms with E-state index in [1.54, 1.807) is 0 Å². The Labute approximate surface area is 305 Å². The van der Waals surface area contributed by atoms with Crippen LogP contribution in [0.2, 0.25) is 0 Å². The van der Waals surface area contributed by atoms with Crippen molar-refractivity contribution < 1.29 is 28.5 Å². The summed E-state index contributed by atoms with van der Waals surface area (Å²) in [6.45, 7) is 4.59. The van der Waals surface area contributed by atoms with E-state index in [2.05, 4.69) is 29.3 Å². The maximum absolute atomic E-state index is 11.1. The standard InChI is InChI=1S/C7H9N3O2.C7H12N2O2.2C7H12O.3CH4.4H2S/c8-10-9-7(11)5-3-4-1-2-6(5)12-4;8-9-7(10)5-3-4-1-2-6(5)11-4;2*1-5-4-6-2-3-7(5)8-6;;;;;;;/h4-6H,1-3H2;4-6H,1-3,8H2,(H,9,10);2*5-7H,2-4H2,1H3;3*1H4;4*1H2. The predicted molar refractivity (Wildman–Crippen MR) is 204 cm³/mol. The van der Waals surface area contributed by atoms with Gasteiger partial charge in [-0.05, 0) is 99.5 Å². The van der Waals surface area contributed by atoms with Crippen LogP contribution in [0.3, 0.4) is 0 Å². The van der Waals surface area contributed by atoms with Gasteiger partial charge in [0.1, 0.15) is 0 Å². The molecule has 8 aliphatic heterocycles. The highest BCUT2D eigenvalue weighted by molar-refractivity contribution is 7.59. The summed E-state index contributed by atoms with van der Waals surface area (Å²) < 4.78 is 22.1. The van der Waals surface area contributed by atoms with Crippen molar-refractivity contribution in [1.29, 1.82) is 0 Å². The summed E-state index contributed by atoms with van der Waals surface area (Å²) in [5.41, 5.74) is 10.2. The summed E-state index contributed by atoms with van der Waals surface area (Å²) in [7, 11) is 0. The van der Waals surface area contributed by atoms with Gasteiger partial charge in [-0.15, -0.1) is 0 Å². The highest BCUT2D eigenvalue weighted by Crippen LogP contribution is 2.40. The number of carbonyl (C=O) groups is 2. The van der Waals surface area contributed by atoms with Crippen LogP contribution in [-0.4, -0.2) is 60.6 Å². The van der Waals surface area contributed by atoms with Gasteiger partial charge in [0, 0.05) is 4.91 Å². The molecule has 12 atom stereocenters. The number of fused-ring (bicyclic) bond motifs is 8. The smallest absolute Gasteiger partial charge is 0.239 e. The van der Waals surface area contributed by atoms with Crippen LogP contribution in [-0.2, 0) is 28.5 Å². The van der Waals surface area contributed by atoms with Gasteiger partial charge in [0.15, 0.2) is 0 Å². The molecule has 8 heterocycles. The maximum atomic E-state index is 11.1. The zero-order valence-electron chi connectivity index (χ0n) is 25.3. The molecule has 0 aliphatic carbocycles. The average molecular weight is 732 g/mol. The van der Waals surface area contributed by atoms with Crippen LogP contribution in [0.4, 0.5) is 0 Å². The highest BCUT2D eigenvalue weighted by atomic mass is 32.1. The minimum Gasteiger partial charge on any atom is -0.375 e. The van der Waals surface area contributed by atoms with E-state index in [-0.39, 0.29) is 118 Å². The van der Waals surface area contributed by atoms with Crippen LogP contribution in [0.25, 0.3) is 10.4 Å². The van der Waals surface area contributed by atoms with Gasteiger partial charge in [-0.25, -0.2) is 5.84 Å². The van der Waals surface area contributed by atoms with E-state index in [1.807, 2.05) is 0 Å². The van der Waals surface area contributed by atoms with Crippen molar-refractivity contribution in [1.82, 2.24) is 5.43 Å². The molecule has 0 aromatic rings. The van der Waals surface area contributed by atoms with Crippen molar-refractivity contribution in [2.24, 2.45) is 34.6 Å². The first-order valence-electron chi connectivity index (χ1n) is 15.1. The fourth-order valence-electron chi connectivity index (χ4n) is 7.82. The van der Waals surface area contributed by atoms with Crippen molar-refractivity contribution in [3.63, 3.8) is 0 Å².